The number of aryl methyl sites for hydroxylation is 1. The van der Waals surface area contributed by atoms with Crippen LogP contribution >= 0.6 is 11.8 Å². The number of amides is 1. The number of furan rings is 1. The van der Waals surface area contributed by atoms with Crippen molar-refractivity contribution in [1.82, 2.24) is 14.2 Å². The topological polar surface area (TPSA) is 84.5 Å². The van der Waals surface area contributed by atoms with Gasteiger partial charge < -0.3 is 14.3 Å². The molecule has 32 heavy (non-hydrogen) atoms. The van der Waals surface area contributed by atoms with Crippen LogP contribution in [0.3, 0.4) is 0 Å². The maximum Gasteiger partial charge on any atom is 0.243 e. The van der Waals surface area contributed by atoms with Gasteiger partial charge in [-0.15, -0.1) is 0 Å². The van der Waals surface area contributed by atoms with Gasteiger partial charge in [0.1, 0.15) is 5.76 Å². The van der Waals surface area contributed by atoms with Gasteiger partial charge in [-0.25, -0.2) is 8.42 Å². The lowest BCUT2D eigenvalue weighted by Gasteiger charge is -2.31. The molecule has 4 rings (SSSR count). The Balaban J connectivity index is 1.33. The fourth-order valence-electron chi connectivity index (χ4n) is 4.10. The summed E-state index contributed by atoms with van der Waals surface area (Å²) in [6.45, 7) is 4.11. The minimum absolute atomic E-state index is 0.0704. The normalized spacial score (nSPS) is 17.6. The molecule has 7 nitrogen and oxygen atoms in total. The van der Waals surface area contributed by atoms with Crippen molar-refractivity contribution >= 4 is 38.6 Å². The lowest BCUT2D eigenvalue weighted by molar-refractivity contribution is -0.125. The number of carbonyl (C=O) groups excluding carboxylic acids is 1. The first-order valence-corrected chi connectivity index (χ1v) is 13.6. The molecule has 0 bridgehead atoms. The van der Waals surface area contributed by atoms with Gasteiger partial charge in [-0.1, -0.05) is 0 Å². The smallest absolute Gasteiger partial charge is 0.243 e. The third kappa shape index (κ3) is 5.05. The second kappa shape index (κ2) is 10.1. The third-order valence-corrected chi connectivity index (χ3v) is 8.69. The van der Waals surface area contributed by atoms with Crippen LogP contribution in [0.1, 0.15) is 25.5 Å². The highest BCUT2D eigenvalue weighted by molar-refractivity contribution is 7.98. The van der Waals surface area contributed by atoms with E-state index < -0.39 is 10.0 Å². The molecule has 1 aliphatic heterocycles. The number of sulfonamides is 1. The Bertz CT molecular complexity index is 1160. The fourth-order valence-corrected chi connectivity index (χ4v) is 6.41. The third-order valence-electron chi connectivity index (χ3n) is 5.85. The quantitative estimate of drug-likeness (QED) is 0.477. The predicted octanol–water partition coefficient (Wildman–Crippen LogP) is 3.70. The summed E-state index contributed by atoms with van der Waals surface area (Å²) in [7, 11) is -3.64. The van der Waals surface area contributed by atoms with E-state index in [1.165, 1.54) is 4.31 Å². The molecule has 1 atom stereocenters. The Morgan fingerprint density at radius 3 is 2.94 bits per heavy atom. The van der Waals surface area contributed by atoms with Crippen LogP contribution in [-0.4, -0.2) is 48.6 Å². The summed E-state index contributed by atoms with van der Waals surface area (Å²) in [5.74, 6) is 2.07. The molecule has 9 heteroatoms. The van der Waals surface area contributed by atoms with E-state index in [1.807, 2.05) is 30.5 Å². The fraction of sp³-hybridized carbons (Fsp3) is 0.435. The number of aromatic nitrogens is 1. The van der Waals surface area contributed by atoms with Crippen molar-refractivity contribution in [3.05, 3.63) is 54.6 Å². The molecular weight excluding hydrogens is 446 g/mol. The molecule has 1 fully saturated rings. The Kier molecular flexibility index (Phi) is 7.27. The first kappa shape index (κ1) is 22.9. The van der Waals surface area contributed by atoms with Crippen molar-refractivity contribution in [2.75, 3.05) is 25.4 Å². The summed E-state index contributed by atoms with van der Waals surface area (Å²) in [5.41, 5.74) is 1.02. The van der Waals surface area contributed by atoms with Gasteiger partial charge in [-0.05, 0) is 56.2 Å². The van der Waals surface area contributed by atoms with E-state index in [0.717, 1.165) is 34.7 Å². The second-order valence-electron chi connectivity index (χ2n) is 7.95. The first-order chi connectivity index (χ1) is 15.5. The van der Waals surface area contributed by atoms with Crippen molar-refractivity contribution in [2.24, 2.45) is 5.92 Å². The van der Waals surface area contributed by atoms with E-state index in [-0.39, 0.29) is 23.3 Å². The van der Waals surface area contributed by atoms with E-state index >= 15 is 0 Å². The summed E-state index contributed by atoms with van der Waals surface area (Å²) in [4.78, 5) is 12.9. The van der Waals surface area contributed by atoms with Crippen LogP contribution in [-0.2, 0) is 27.1 Å². The number of hydrogen-bond donors (Lipinski definition) is 1. The van der Waals surface area contributed by atoms with Gasteiger partial charge in [0.15, 0.2) is 0 Å². The van der Waals surface area contributed by atoms with Crippen molar-refractivity contribution in [2.45, 2.75) is 37.0 Å². The SMILES string of the molecule is CCn1ccc2cc(S(=O)(=O)N3CCCC(C(=O)NCCSCc4ccco4)C3)ccc21. The maximum atomic E-state index is 13.3. The molecule has 0 spiro atoms. The van der Waals surface area contributed by atoms with Crippen LogP contribution in [0, 0.1) is 5.92 Å². The van der Waals surface area contributed by atoms with E-state index in [9.17, 15) is 13.2 Å². The molecule has 3 aromatic rings. The number of nitrogens with zero attached hydrogens (tertiary/aromatic N) is 2. The van der Waals surface area contributed by atoms with E-state index in [4.69, 9.17) is 4.42 Å². The second-order valence-corrected chi connectivity index (χ2v) is 11.0. The number of nitrogens with one attached hydrogen (secondary N) is 1. The summed E-state index contributed by atoms with van der Waals surface area (Å²) in [5, 5.41) is 3.87. The number of benzene rings is 1. The van der Waals surface area contributed by atoms with E-state index in [0.29, 0.717) is 25.9 Å². The van der Waals surface area contributed by atoms with Gasteiger partial charge in [-0.3, -0.25) is 4.79 Å². The highest BCUT2D eigenvalue weighted by atomic mass is 32.2. The lowest BCUT2D eigenvalue weighted by Crippen LogP contribution is -2.45. The molecule has 0 radical (unpaired) electrons. The molecule has 1 amide bonds. The van der Waals surface area contributed by atoms with Crippen molar-refractivity contribution < 1.29 is 17.6 Å². The summed E-state index contributed by atoms with van der Waals surface area (Å²) in [6.07, 6.45) is 5.00. The van der Waals surface area contributed by atoms with Crippen molar-refractivity contribution in [1.29, 1.82) is 0 Å². The van der Waals surface area contributed by atoms with Gasteiger partial charge in [0, 0.05) is 49.0 Å². The van der Waals surface area contributed by atoms with Gasteiger partial charge >= 0.3 is 0 Å². The molecule has 2 aromatic heterocycles. The minimum atomic E-state index is -3.64. The highest BCUT2D eigenvalue weighted by Crippen LogP contribution is 2.27. The zero-order chi connectivity index (χ0) is 22.6. The molecular formula is C23H29N3O4S2. The average molecular weight is 476 g/mol. The number of fused-ring (bicyclic) bond motifs is 1. The largest absolute Gasteiger partial charge is 0.468 e. The monoisotopic (exact) mass is 475 g/mol. The summed E-state index contributed by atoms with van der Waals surface area (Å²) >= 11 is 1.69. The molecule has 0 aliphatic carbocycles. The summed E-state index contributed by atoms with van der Waals surface area (Å²) in [6, 6.07) is 11.0. The Hall–Kier alpha value is -2.23. The van der Waals surface area contributed by atoms with Gasteiger partial charge in [0.05, 0.1) is 22.8 Å². The van der Waals surface area contributed by atoms with E-state index in [2.05, 4.69) is 16.8 Å². The molecule has 0 saturated carbocycles. The van der Waals surface area contributed by atoms with Crippen LogP contribution in [0.2, 0.25) is 0 Å². The van der Waals surface area contributed by atoms with E-state index in [1.54, 1.807) is 30.2 Å². The van der Waals surface area contributed by atoms with Crippen LogP contribution in [0.15, 0.2) is 58.2 Å². The molecule has 172 valence electrons. The van der Waals surface area contributed by atoms with Gasteiger partial charge in [-0.2, -0.15) is 16.1 Å². The maximum absolute atomic E-state index is 13.3. The summed E-state index contributed by atoms with van der Waals surface area (Å²) < 4.78 is 35.4. The Morgan fingerprint density at radius 2 is 2.16 bits per heavy atom. The molecule has 1 aliphatic rings. The zero-order valence-corrected chi connectivity index (χ0v) is 19.8. The Morgan fingerprint density at radius 1 is 1.28 bits per heavy atom. The predicted molar refractivity (Wildman–Crippen MR) is 127 cm³/mol. The Labute approximate surface area is 193 Å². The molecule has 1 N–H and O–H groups in total. The molecule has 3 heterocycles. The number of thioether (sulfide) groups is 1. The number of hydrogen-bond acceptors (Lipinski definition) is 5. The van der Waals surface area contributed by atoms with Crippen LogP contribution < -0.4 is 5.32 Å². The molecule has 1 aromatic carbocycles. The first-order valence-electron chi connectivity index (χ1n) is 11.0. The van der Waals surface area contributed by atoms with Gasteiger partial charge in [0.2, 0.25) is 15.9 Å². The van der Waals surface area contributed by atoms with Crippen LogP contribution in [0.4, 0.5) is 0 Å². The number of rotatable bonds is 9. The number of carbonyl (C=O) groups is 1. The van der Waals surface area contributed by atoms with Crippen molar-refractivity contribution in [3.63, 3.8) is 0 Å². The minimum Gasteiger partial charge on any atom is -0.468 e. The molecule has 1 saturated heterocycles. The van der Waals surface area contributed by atoms with Crippen molar-refractivity contribution in [3.8, 4) is 0 Å². The highest BCUT2D eigenvalue weighted by Gasteiger charge is 2.33. The van der Waals surface area contributed by atoms with Crippen LogP contribution in [0.25, 0.3) is 10.9 Å². The standard InChI is InChI=1S/C23H29N3O4S2/c1-2-25-12-9-18-15-21(7-8-22(18)25)32(28,29)26-11-3-5-19(16-26)23(27)24-10-14-31-17-20-6-4-13-30-20/h4,6-9,12-13,15,19H,2-3,5,10-11,14,16-17H2,1H3,(H,24,27). The average Bonchev–Trinajstić information content (AvgIpc) is 3.48. The zero-order valence-electron chi connectivity index (χ0n) is 18.2. The molecule has 1 unspecified atom stereocenters. The number of piperidine rings is 1. The van der Waals surface area contributed by atoms with Gasteiger partial charge in [0.25, 0.3) is 0 Å². The van der Waals surface area contributed by atoms with Crippen LogP contribution in [0.5, 0.6) is 0 Å². The lowest BCUT2D eigenvalue weighted by atomic mass is 9.99.